The first-order chi connectivity index (χ1) is 16.2. The number of benzene rings is 2. The molecule has 0 aromatic heterocycles. The van der Waals surface area contributed by atoms with Crippen molar-refractivity contribution in [2.24, 2.45) is 5.92 Å². The van der Waals surface area contributed by atoms with Crippen LogP contribution in [-0.4, -0.2) is 46.0 Å². The predicted molar refractivity (Wildman–Crippen MR) is 135 cm³/mol. The molecule has 34 heavy (non-hydrogen) atoms. The molecule has 0 radical (unpaired) electrons. The van der Waals surface area contributed by atoms with Crippen LogP contribution in [0.1, 0.15) is 61.0 Å². The topological polar surface area (TPSA) is 78.5 Å². The molecule has 0 aliphatic carbocycles. The van der Waals surface area contributed by atoms with E-state index >= 15 is 0 Å². The number of fused-ring (bicyclic) bond motifs is 3. The summed E-state index contributed by atoms with van der Waals surface area (Å²) in [5.41, 5.74) is 2.85. The maximum Gasteiger partial charge on any atom is 0.256 e. The van der Waals surface area contributed by atoms with Crippen molar-refractivity contribution in [3.05, 3.63) is 71.3 Å². The fraction of sp³-hybridized carbons (Fsp3) is 0.444. The van der Waals surface area contributed by atoms with Gasteiger partial charge in [0.2, 0.25) is 11.8 Å². The highest BCUT2D eigenvalue weighted by Crippen LogP contribution is 2.56. The summed E-state index contributed by atoms with van der Waals surface area (Å²) >= 11 is 1.62. The Kier molecular flexibility index (Phi) is 7.03. The zero-order chi connectivity index (χ0) is 24.5. The lowest BCUT2D eigenvalue weighted by atomic mass is 9.98. The van der Waals surface area contributed by atoms with Gasteiger partial charge < -0.3 is 15.5 Å². The second kappa shape index (κ2) is 9.82. The molecule has 0 bridgehead atoms. The second-order valence-electron chi connectivity index (χ2n) is 9.89. The van der Waals surface area contributed by atoms with Crippen LogP contribution in [0.3, 0.4) is 0 Å². The minimum Gasteiger partial charge on any atom is -0.354 e. The first kappa shape index (κ1) is 24.3. The van der Waals surface area contributed by atoms with Crippen molar-refractivity contribution in [3.63, 3.8) is 0 Å². The molecule has 3 atom stereocenters. The minimum absolute atomic E-state index is 0.0856. The first-order valence-electron chi connectivity index (χ1n) is 11.9. The normalized spacial score (nSPS) is 21.2. The lowest BCUT2D eigenvalue weighted by molar-refractivity contribution is -0.132. The summed E-state index contributed by atoms with van der Waals surface area (Å²) in [6.45, 7) is 8.36. The van der Waals surface area contributed by atoms with Crippen LogP contribution in [0.25, 0.3) is 0 Å². The Hall–Kier alpha value is -2.80. The van der Waals surface area contributed by atoms with Crippen LogP contribution in [0.15, 0.2) is 54.6 Å². The van der Waals surface area contributed by atoms with Crippen LogP contribution < -0.4 is 10.6 Å². The molecule has 0 unspecified atom stereocenters. The number of amides is 3. The summed E-state index contributed by atoms with van der Waals surface area (Å²) in [7, 11) is 0. The Bertz CT molecular complexity index is 1070. The number of carbonyl (C=O) groups is 3. The average molecular weight is 480 g/mol. The molecular formula is C27H33N3O3S. The number of hydrogen-bond acceptors (Lipinski definition) is 4. The number of nitrogens with zero attached hydrogens (tertiary/aromatic N) is 1. The lowest BCUT2D eigenvalue weighted by Gasteiger charge is -2.32. The molecule has 3 amide bonds. The third-order valence-corrected chi connectivity index (χ3v) is 8.11. The zero-order valence-corrected chi connectivity index (χ0v) is 21.0. The lowest BCUT2D eigenvalue weighted by Crippen LogP contribution is -2.58. The third-order valence-electron chi connectivity index (χ3n) is 6.58. The molecule has 2 N–H and O–H groups in total. The van der Waals surface area contributed by atoms with Gasteiger partial charge in [0.25, 0.3) is 5.91 Å². The van der Waals surface area contributed by atoms with Crippen molar-refractivity contribution in [2.75, 3.05) is 6.54 Å². The standard InChI is InChI=1S/C27H33N3O3S/c1-17(2)21(23(31)28-16-10-13-18-11-6-5-7-12-18)29-24(32)22-27(3,4)34-26-20-15-9-8-14-19(20)25(33)30(22)26/h5-9,11-12,14-15,17,21-22,26H,10,13,16H2,1-4H3,(H,28,31)(H,29,32)/t21-,22+,26-/m0/s1. The molecule has 2 aliphatic rings. The molecule has 2 aromatic carbocycles. The Labute approximate surface area is 205 Å². The van der Waals surface area contributed by atoms with E-state index in [0.29, 0.717) is 12.1 Å². The van der Waals surface area contributed by atoms with Crippen LogP contribution in [0, 0.1) is 5.92 Å². The summed E-state index contributed by atoms with van der Waals surface area (Å²) in [4.78, 5) is 41.4. The molecule has 2 aliphatic heterocycles. The number of rotatable bonds is 8. The molecule has 2 aromatic rings. The highest BCUT2D eigenvalue weighted by molar-refractivity contribution is 8.01. The maximum atomic E-state index is 13.5. The minimum atomic E-state index is -0.663. The number of carbonyl (C=O) groups excluding carboxylic acids is 3. The van der Waals surface area contributed by atoms with Crippen LogP contribution in [0.4, 0.5) is 0 Å². The fourth-order valence-corrected chi connectivity index (χ4v) is 6.42. The van der Waals surface area contributed by atoms with E-state index in [-0.39, 0.29) is 29.0 Å². The Morgan fingerprint density at radius 2 is 1.74 bits per heavy atom. The van der Waals surface area contributed by atoms with E-state index in [1.54, 1.807) is 16.7 Å². The van der Waals surface area contributed by atoms with E-state index in [0.717, 1.165) is 18.4 Å². The van der Waals surface area contributed by atoms with E-state index in [1.165, 1.54) is 5.56 Å². The van der Waals surface area contributed by atoms with Crippen molar-refractivity contribution in [2.45, 2.75) is 62.7 Å². The summed E-state index contributed by atoms with van der Waals surface area (Å²) in [6, 6.07) is 16.4. The van der Waals surface area contributed by atoms with Gasteiger partial charge in [-0.05, 0) is 49.8 Å². The van der Waals surface area contributed by atoms with E-state index < -0.39 is 16.8 Å². The van der Waals surface area contributed by atoms with E-state index in [2.05, 4.69) is 22.8 Å². The largest absolute Gasteiger partial charge is 0.354 e. The van der Waals surface area contributed by atoms with Crippen molar-refractivity contribution in [3.8, 4) is 0 Å². The molecule has 0 saturated carbocycles. The van der Waals surface area contributed by atoms with E-state index in [4.69, 9.17) is 0 Å². The van der Waals surface area contributed by atoms with Gasteiger partial charge in [0.15, 0.2) is 0 Å². The monoisotopic (exact) mass is 479 g/mol. The van der Waals surface area contributed by atoms with Crippen LogP contribution in [-0.2, 0) is 16.0 Å². The number of aryl methyl sites for hydroxylation is 1. The zero-order valence-electron chi connectivity index (χ0n) is 20.2. The number of nitrogens with one attached hydrogen (secondary N) is 2. The Morgan fingerprint density at radius 1 is 1.06 bits per heavy atom. The first-order valence-corrected chi connectivity index (χ1v) is 12.8. The molecule has 6 nitrogen and oxygen atoms in total. The molecular weight excluding hydrogens is 446 g/mol. The van der Waals surface area contributed by atoms with Crippen LogP contribution in [0.2, 0.25) is 0 Å². The molecule has 1 saturated heterocycles. The van der Waals surface area contributed by atoms with Crippen molar-refractivity contribution in [1.29, 1.82) is 0 Å². The molecule has 4 rings (SSSR count). The van der Waals surface area contributed by atoms with Gasteiger partial charge in [-0.15, -0.1) is 11.8 Å². The third kappa shape index (κ3) is 4.71. The molecule has 180 valence electrons. The highest BCUT2D eigenvalue weighted by Gasteiger charge is 2.57. The fourth-order valence-electron chi connectivity index (χ4n) is 4.83. The van der Waals surface area contributed by atoms with Crippen molar-refractivity contribution < 1.29 is 14.4 Å². The van der Waals surface area contributed by atoms with Gasteiger partial charge in [-0.3, -0.25) is 14.4 Å². The molecule has 1 fully saturated rings. The van der Waals surface area contributed by atoms with Gasteiger partial charge in [-0.2, -0.15) is 0 Å². The Balaban J connectivity index is 1.41. The van der Waals surface area contributed by atoms with Gasteiger partial charge in [-0.25, -0.2) is 0 Å². The number of thioether (sulfide) groups is 1. The van der Waals surface area contributed by atoms with Crippen molar-refractivity contribution >= 4 is 29.5 Å². The predicted octanol–water partition coefficient (Wildman–Crippen LogP) is 3.92. The molecule has 7 heteroatoms. The van der Waals surface area contributed by atoms with Gasteiger partial charge in [0.1, 0.15) is 17.5 Å². The highest BCUT2D eigenvalue weighted by atomic mass is 32.2. The smallest absolute Gasteiger partial charge is 0.256 e. The summed E-state index contributed by atoms with van der Waals surface area (Å²) in [5.74, 6) is -0.672. The van der Waals surface area contributed by atoms with Gasteiger partial charge >= 0.3 is 0 Å². The van der Waals surface area contributed by atoms with Crippen molar-refractivity contribution in [1.82, 2.24) is 15.5 Å². The van der Waals surface area contributed by atoms with Crippen LogP contribution in [0.5, 0.6) is 0 Å². The average Bonchev–Trinajstić information content (AvgIpc) is 3.24. The van der Waals surface area contributed by atoms with Crippen LogP contribution >= 0.6 is 11.8 Å². The summed E-state index contributed by atoms with van der Waals surface area (Å²) in [6.07, 6.45) is 1.70. The number of hydrogen-bond donors (Lipinski definition) is 2. The maximum absolute atomic E-state index is 13.5. The Morgan fingerprint density at radius 3 is 2.44 bits per heavy atom. The van der Waals surface area contributed by atoms with E-state index in [1.807, 2.05) is 70.2 Å². The quantitative estimate of drug-likeness (QED) is 0.563. The van der Waals surface area contributed by atoms with Gasteiger partial charge in [0.05, 0.1) is 0 Å². The SMILES string of the molecule is CC(C)[C@H](NC(=O)[C@H]1N2C(=O)c3ccccc3[C@@H]2SC1(C)C)C(=O)NCCCc1ccccc1. The second-order valence-corrected chi connectivity index (χ2v) is 11.6. The molecule has 2 heterocycles. The molecule has 0 spiro atoms. The van der Waals surface area contributed by atoms with Gasteiger partial charge in [-0.1, -0.05) is 62.4 Å². The summed E-state index contributed by atoms with van der Waals surface area (Å²) in [5, 5.41) is 5.77. The van der Waals surface area contributed by atoms with Gasteiger partial charge in [0, 0.05) is 16.9 Å². The summed E-state index contributed by atoms with van der Waals surface area (Å²) < 4.78 is -0.481. The van der Waals surface area contributed by atoms with E-state index in [9.17, 15) is 14.4 Å².